The third-order valence-corrected chi connectivity index (χ3v) is 4.77. The molecule has 0 aliphatic rings. The van der Waals surface area contributed by atoms with Gasteiger partial charge in [0.1, 0.15) is 5.76 Å². The maximum Gasteiger partial charge on any atom is 0.191 e. The quantitative estimate of drug-likeness (QED) is 0.652. The van der Waals surface area contributed by atoms with E-state index < -0.39 is 0 Å². The van der Waals surface area contributed by atoms with Crippen molar-refractivity contribution < 1.29 is 4.42 Å². The molecule has 0 unspecified atom stereocenters. The van der Waals surface area contributed by atoms with E-state index in [0.29, 0.717) is 0 Å². The molecule has 5 heteroatoms. The minimum absolute atomic E-state index is 0.836. The minimum Gasteiger partial charge on any atom is -0.469 e. The van der Waals surface area contributed by atoms with Crippen LogP contribution in [0.1, 0.15) is 23.8 Å². The molecule has 0 atom stereocenters. The molecule has 0 fully saturated rings. The van der Waals surface area contributed by atoms with Crippen molar-refractivity contribution in [2.45, 2.75) is 38.2 Å². The lowest BCUT2D eigenvalue weighted by Crippen LogP contribution is -2.00. The summed E-state index contributed by atoms with van der Waals surface area (Å²) in [5.74, 6) is 2.65. The Balaban J connectivity index is 1.85. The number of aryl methyl sites for hydroxylation is 2. The molecule has 0 N–H and O–H groups in total. The Morgan fingerprint density at radius 3 is 2.64 bits per heavy atom. The number of rotatable bonds is 5. The largest absolute Gasteiger partial charge is 0.469 e. The molecule has 0 aliphatic heterocycles. The summed E-state index contributed by atoms with van der Waals surface area (Å²) < 4.78 is 7.52. The van der Waals surface area contributed by atoms with Crippen molar-refractivity contribution in [2.24, 2.45) is 0 Å². The Hall–Kier alpha value is -2.01. The number of nitrogens with zero attached hydrogens (tertiary/aromatic N) is 3. The van der Waals surface area contributed by atoms with Crippen LogP contribution in [0.5, 0.6) is 0 Å². The fraction of sp³-hybridized carbons (Fsp3) is 0.294. The number of aromatic nitrogens is 3. The fourth-order valence-electron chi connectivity index (χ4n) is 2.41. The Bertz CT molecular complexity index is 776. The van der Waals surface area contributed by atoms with E-state index in [1.165, 1.54) is 11.1 Å². The van der Waals surface area contributed by atoms with Gasteiger partial charge in [-0.1, -0.05) is 36.0 Å². The van der Waals surface area contributed by atoms with Crippen molar-refractivity contribution >= 4 is 11.8 Å². The third kappa shape index (κ3) is 2.81. The van der Waals surface area contributed by atoms with Gasteiger partial charge in [0, 0.05) is 12.3 Å². The molecule has 1 aromatic carbocycles. The molecule has 4 nitrogen and oxygen atoms in total. The number of hydrogen-bond acceptors (Lipinski definition) is 4. The lowest BCUT2D eigenvalue weighted by molar-refractivity contribution is 0.534. The average Bonchev–Trinajstić information content (AvgIpc) is 3.11. The monoisotopic (exact) mass is 313 g/mol. The van der Waals surface area contributed by atoms with Crippen LogP contribution in [0, 0.1) is 13.8 Å². The fourth-order valence-corrected chi connectivity index (χ4v) is 3.49. The zero-order valence-electron chi connectivity index (χ0n) is 13.0. The minimum atomic E-state index is 0.836. The zero-order valence-corrected chi connectivity index (χ0v) is 13.9. The summed E-state index contributed by atoms with van der Waals surface area (Å²) >= 11 is 1.72. The Morgan fingerprint density at radius 1 is 1.14 bits per heavy atom. The van der Waals surface area contributed by atoms with Gasteiger partial charge in [0.05, 0.1) is 11.8 Å². The topological polar surface area (TPSA) is 43.9 Å². The maximum absolute atomic E-state index is 5.38. The summed E-state index contributed by atoms with van der Waals surface area (Å²) in [7, 11) is 0. The molecule has 2 heterocycles. The number of thioether (sulfide) groups is 1. The molecule has 0 aliphatic carbocycles. The van der Waals surface area contributed by atoms with Crippen LogP contribution in [0.4, 0.5) is 0 Å². The van der Waals surface area contributed by atoms with Crippen LogP contribution < -0.4 is 0 Å². The van der Waals surface area contributed by atoms with E-state index >= 15 is 0 Å². The second-order valence-electron chi connectivity index (χ2n) is 5.16. The van der Waals surface area contributed by atoms with Crippen LogP contribution in [-0.4, -0.2) is 14.8 Å². The van der Waals surface area contributed by atoms with E-state index in [2.05, 4.69) is 52.9 Å². The lowest BCUT2D eigenvalue weighted by Gasteiger charge is -2.08. The first-order chi connectivity index (χ1) is 10.7. The van der Waals surface area contributed by atoms with Gasteiger partial charge in [0.2, 0.25) is 0 Å². The molecule has 114 valence electrons. The van der Waals surface area contributed by atoms with Gasteiger partial charge in [-0.3, -0.25) is 0 Å². The van der Waals surface area contributed by atoms with Crippen LogP contribution >= 0.6 is 11.8 Å². The van der Waals surface area contributed by atoms with Crippen LogP contribution in [0.2, 0.25) is 0 Å². The van der Waals surface area contributed by atoms with Crippen LogP contribution in [0.25, 0.3) is 11.4 Å². The molecule has 3 rings (SSSR count). The number of benzene rings is 1. The Labute approximate surface area is 134 Å². The van der Waals surface area contributed by atoms with Gasteiger partial charge in [-0.05, 0) is 38.0 Å². The van der Waals surface area contributed by atoms with Gasteiger partial charge >= 0.3 is 0 Å². The van der Waals surface area contributed by atoms with Crippen LogP contribution in [0.3, 0.4) is 0 Å². The number of furan rings is 1. The highest BCUT2D eigenvalue weighted by molar-refractivity contribution is 7.98. The first kappa shape index (κ1) is 14.9. The van der Waals surface area contributed by atoms with E-state index in [-0.39, 0.29) is 0 Å². The van der Waals surface area contributed by atoms with Gasteiger partial charge in [-0.25, -0.2) is 0 Å². The summed E-state index contributed by atoms with van der Waals surface area (Å²) in [6.07, 6.45) is 1.69. The Morgan fingerprint density at radius 2 is 1.95 bits per heavy atom. The standard InChI is InChI=1S/C17H19N3OS/c1-4-20-16(15-9-10-21-13(15)3)18-19-17(20)22-11-14-8-6-5-7-12(14)2/h5-10H,4,11H2,1-3H3. The SMILES string of the molecule is CCn1c(SCc2ccccc2C)nnc1-c1ccoc1C. The molecule has 3 aromatic rings. The summed E-state index contributed by atoms with van der Waals surface area (Å²) in [6, 6.07) is 10.4. The molecule has 22 heavy (non-hydrogen) atoms. The van der Waals surface area contributed by atoms with Crippen molar-refractivity contribution in [1.82, 2.24) is 14.8 Å². The Kier molecular flexibility index (Phi) is 4.34. The summed E-state index contributed by atoms with van der Waals surface area (Å²) in [5, 5.41) is 9.67. The first-order valence-electron chi connectivity index (χ1n) is 7.35. The summed E-state index contributed by atoms with van der Waals surface area (Å²) in [6.45, 7) is 7.04. The van der Waals surface area contributed by atoms with Crippen LogP contribution in [-0.2, 0) is 12.3 Å². The molecule has 0 bridgehead atoms. The van der Waals surface area contributed by atoms with Crippen molar-refractivity contribution in [3.05, 3.63) is 53.5 Å². The second-order valence-corrected chi connectivity index (χ2v) is 6.10. The van der Waals surface area contributed by atoms with Crippen molar-refractivity contribution in [3.8, 4) is 11.4 Å². The highest BCUT2D eigenvalue weighted by Gasteiger charge is 2.16. The lowest BCUT2D eigenvalue weighted by atomic mass is 10.1. The second kappa shape index (κ2) is 6.40. The molecule has 0 saturated heterocycles. The van der Waals surface area contributed by atoms with Gasteiger partial charge in [0.25, 0.3) is 0 Å². The van der Waals surface area contributed by atoms with Gasteiger partial charge < -0.3 is 8.98 Å². The van der Waals surface area contributed by atoms with Gasteiger partial charge in [-0.15, -0.1) is 10.2 Å². The normalized spacial score (nSPS) is 11.0. The number of hydrogen-bond donors (Lipinski definition) is 0. The predicted molar refractivity (Wildman–Crippen MR) is 88.9 cm³/mol. The molecular formula is C17H19N3OS. The van der Waals surface area contributed by atoms with E-state index in [4.69, 9.17) is 4.42 Å². The highest BCUT2D eigenvalue weighted by atomic mass is 32.2. The summed E-state index contributed by atoms with van der Waals surface area (Å²) in [5.41, 5.74) is 3.65. The van der Waals surface area contributed by atoms with Gasteiger partial charge in [-0.2, -0.15) is 0 Å². The van der Waals surface area contributed by atoms with Crippen LogP contribution in [0.15, 0.2) is 46.2 Å². The van der Waals surface area contributed by atoms with E-state index in [1.807, 2.05) is 13.0 Å². The first-order valence-corrected chi connectivity index (χ1v) is 8.34. The third-order valence-electron chi connectivity index (χ3n) is 3.75. The van der Waals surface area contributed by atoms with Crippen molar-refractivity contribution in [3.63, 3.8) is 0 Å². The van der Waals surface area contributed by atoms with Crippen molar-refractivity contribution in [2.75, 3.05) is 0 Å². The van der Waals surface area contributed by atoms with Crippen molar-refractivity contribution in [1.29, 1.82) is 0 Å². The molecular weight excluding hydrogens is 294 g/mol. The van der Waals surface area contributed by atoms with Gasteiger partial charge in [0.15, 0.2) is 11.0 Å². The molecule has 2 aromatic heterocycles. The zero-order chi connectivity index (χ0) is 15.5. The maximum atomic E-state index is 5.38. The molecule has 0 amide bonds. The molecule has 0 radical (unpaired) electrons. The van der Waals surface area contributed by atoms with E-state index in [9.17, 15) is 0 Å². The molecule has 0 spiro atoms. The van der Waals surface area contributed by atoms with E-state index in [1.54, 1.807) is 18.0 Å². The molecule has 0 saturated carbocycles. The summed E-state index contributed by atoms with van der Waals surface area (Å²) in [4.78, 5) is 0. The average molecular weight is 313 g/mol. The predicted octanol–water partition coefficient (Wildman–Crippen LogP) is 4.47. The highest BCUT2D eigenvalue weighted by Crippen LogP contribution is 2.29. The van der Waals surface area contributed by atoms with E-state index in [0.717, 1.165) is 34.6 Å². The smallest absolute Gasteiger partial charge is 0.191 e.